The number of benzene rings is 1. The van der Waals surface area contributed by atoms with Crippen molar-refractivity contribution in [3.8, 4) is 11.5 Å². The van der Waals surface area contributed by atoms with Crippen LogP contribution in [0.4, 0.5) is 0 Å². The number of fused-ring (bicyclic) bond motifs is 1. The molecule has 0 aromatic heterocycles. The molecule has 0 radical (unpaired) electrons. The molecule has 0 bridgehead atoms. The van der Waals surface area contributed by atoms with Crippen molar-refractivity contribution in [1.82, 2.24) is 5.32 Å². The number of hydrogen-bond donors (Lipinski definition) is 2. The van der Waals surface area contributed by atoms with E-state index in [4.69, 9.17) is 15.2 Å². The summed E-state index contributed by atoms with van der Waals surface area (Å²) in [7, 11) is 3.28. The van der Waals surface area contributed by atoms with E-state index in [0.29, 0.717) is 23.5 Å². The molecule has 0 atom stereocenters. The topological polar surface area (TPSA) is 85.9 Å². The molecule has 1 heterocycles. The third-order valence-corrected chi connectivity index (χ3v) is 3.24. The van der Waals surface area contributed by atoms with Gasteiger partial charge >= 0.3 is 0 Å². The second kappa shape index (κ2) is 6.09. The van der Waals surface area contributed by atoms with Gasteiger partial charge in [-0.3, -0.25) is 4.79 Å². The highest BCUT2D eigenvalue weighted by atomic mass is 16.5. The fourth-order valence-electron chi connectivity index (χ4n) is 2.34. The number of amides is 1. The number of carbonyl (C=O) groups is 1. The van der Waals surface area contributed by atoms with Gasteiger partial charge in [0.1, 0.15) is 11.4 Å². The van der Waals surface area contributed by atoms with E-state index >= 15 is 0 Å². The molecule has 1 aliphatic heterocycles. The number of nitrogens with one attached hydrogen (secondary N) is 1. The highest BCUT2D eigenvalue weighted by Gasteiger charge is 2.33. The van der Waals surface area contributed by atoms with E-state index in [-0.39, 0.29) is 11.4 Å². The van der Waals surface area contributed by atoms with Gasteiger partial charge in [0.25, 0.3) is 5.91 Å². The molecule has 0 fully saturated rings. The van der Waals surface area contributed by atoms with Crippen molar-refractivity contribution in [2.75, 3.05) is 14.2 Å². The van der Waals surface area contributed by atoms with Gasteiger partial charge in [-0.25, -0.2) is 0 Å². The minimum atomic E-state index is -0.413. The van der Waals surface area contributed by atoms with E-state index in [1.165, 1.54) is 6.08 Å². The monoisotopic (exact) mass is 303 g/mol. The number of nitrogens with zero attached hydrogens (tertiary/aromatic N) is 1. The minimum Gasteiger partial charge on any atom is -0.493 e. The molecule has 0 saturated carbocycles. The lowest BCUT2D eigenvalue weighted by atomic mass is 9.99. The third-order valence-electron chi connectivity index (χ3n) is 3.24. The van der Waals surface area contributed by atoms with Crippen LogP contribution >= 0.6 is 0 Å². The van der Waals surface area contributed by atoms with E-state index in [0.717, 1.165) is 5.56 Å². The molecule has 6 nitrogen and oxygen atoms in total. The third kappa shape index (κ3) is 3.39. The number of methoxy groups -OCH3 is 1. The first-order valence-electron chi connectivity index (χ1n) is 6.98. The number of ether oxygens (including phenoxy) is 2. The summed E-state index contributed by atoms with van der Waals surface area (Å²) < 4.78 is 11.2. The Balaban J connectivity index is 2.34. The predicted octanol–water partition coefficient (Wildman–Crippen LogP) is 1.64. The van der Waals surface area contributed by atoms with Crippen LogP contribution in [0.15, 0.2) is 29.4 Å². The van der Waals surface area contributed by atoms with Gasteiger partial charge in [-0.2, -0.15) is 4.99 Å². The van der Waals surface area contributed by atoms with Gasteiger partial charge < -0.3 is 20.5 Å². The maximum atomic E-state index is 12.2. The van der Waals surface area contributed by atoms with Crippen molar-refractivity contribution in [2.24, 2.45) is 10.7 Å². The Hall–Kier alpha value is -2.50. The molecule has 0 saturated heterocycles. The van der Waals surface area contributed by atoms with Gasteiger partial charge in [-0.1, -0.05) is 0 Å². The molecule has 1 aromatic carbocycles. The number of amidine groups is 1. The first kappa shape index (κ1) is 15.9. The van der Waals surface area contributed by atoms with Crippen LogP contribution < -0.4 is 20.5 Å². The second-order valence-corrected chi connectivity index (χ2v) is 5.67. The van der Waals surface area contributed by atoms with Crippen LogP contribution in [0.25, 0.3) is 0 Å². The Labute approximate surface area is 130 Å². The van der Waals surface area contributed by atoms with Crippen LogP contribution in [0.1, 0.15) is 29.8 Å². The lowest BCUT2D eigenvalue weighted by Crippen LogP contribution is -2.24. The Bertz CT molecular complexity index is 648. The average molecular weight is 303 g/mol. The molecule has 118 valence electrons. The largest absolute Gasteiger partial charge is 0.493 e. The number of aliphatic imine (C=N–C) groups is 1. The standard InChI is InChI=1S/C16H21N3O3/c1-16(2)9-11-7-10(8-12(21-4)14(11)22-16)15(20)19-13(17)5-6-18-3/h5-8,18H,9H2,1-4H3,(H2,17,19,20)/b6-5-. The SMILES string of the molecule is CN/C=C\C(N)=NC(=O)c1cc2c(c(OC)c1)OC(C)(C)C2. The zero-order valence-corrected chi connectivity index (χ0v) is 13.3. The fourth-order valence-corrected chi connectivity index (χ4v) is 2.34. The van der Waals surface area contributed by atoms with Gasteiger partial charge in [0.2, 0.25) is 0 Å². The normalized spacial score (nSPS) is 16.3. The fraction of sp³-hybridized carbons (Fsp3) is 0.375. The summed E-state index contributed by atoms with van der Waals surface area (Å²) in [6.45, 7) is 3.99. The molecule has 6 heteroatoms. The lowest BCUT2D eigenvalue weighted by molar-refractivity contribution is 0.100. The maximum absolute atomic E-state index is 12.2. The van der Waals surface area contributed by atoms with Crippen LogP contribution in [-0.4, -0.2) is 31.5 Å². The Morgan fingerprint density at radius 3 is 2.86 bits per heavy atom. The van der Waals surface area contributed by atoms with Crippen molar-refractivity contribution in [3.05, 3.63) is 35.5 Å². The number of hydrogen-bond acceptors (Lipinski definition) is 4. The van der Waals surface area contributed by atoms with E-state index in [1.54, 1.807) is 32.5 Å². The molecule has 0 aliphatic carbocycles. The summed E-state index contributed by atoms with van der Waals surface area (Å²) in [5, 5.41) is 2.78. The van der Waals surface area contributed by atoms with Crippen LogP contribution in [0.3, 0.4) is 0 Å². The molecule has 0 spiro atoms. The zero-order chi connectivity index (χ0) is 16.3. The highest BCUT2D eigenvalue weighted by Crippen LogP contribution is 2.42. The van der Waals surface area contributed by atoms with E-state index in [2.05, 4.69) is 10.3 Å². The van der Waals surface area contributed by atoms with Crippen molar-refractivity contribution < 1.29 is 14.3 Å². The Kier molecular flexibility index (Phi) is 4.40. The van der Waals surface area contributed by atoms with Crippen molar-refractivity contribution in [2.45, 2.75) is 25.9 Å². The summed E-state index contributed by atoms with van der Waals surface area (Å²) in [4.78, 5) is 16.1. The molecule has 1 amide bonds. The summed E-state index contributed by atoms with van der Waals surface area (Å²) in [6, 6.07) is 3.41. The van der Waals surface area contributed by atoms with Crippen molar-refractivity contribution in [1.29, 1.82) is 0 Å². The first-order chi connectivity index (χ1) is 10.4. The smallest absolute Gasteiger partial charge is 0.279 e. The molecule has 2 rings (SSSR count). The first-order valence-corrected chi connectivity index (χ1v) is 6.98. The molecule has 0 unspecified atom stereocenters. The van der Waals surface area contributed by atoms with E-state index in [9.17, 15) is 4.79 Å². The number of nitrogens with two attached hydrogens (primary N) is 1. The lowest BCUT2D eigenvalue weighted by Gasteiger charge is -2.17. The van der Waals surface area contributed by atoms with E-state index < -0.39 is 5.91 Å². The van der Waals surface area contributed by atoms with Gasteiger partial charge in [-0.05, 0) is 38.3 Å². The van der Waals surface area contributed by atoms with Crippen LogP contribution in [-0.2, 0) is 6.42 Å². The zero-order valence-electron chi connectivity index (χ0n) is 13.3. The predicted molar refractivity (Wildman–Crippen MR) is 85.6 cm³/mol. The molecule has 3 N–H and O–H groups in total. The van der Waals surface area contributed by atoms with Gasteiger partial charge in [0, 0.05) is 24.6 Å². The molecular formula is C16H21N3O3. The summed E-state index contributed by atoms with van der Waals surface area (Å²) in [5.74, 6) is 0.946. The van der Waals surface area contributed by atoms with Crippen LogP contribution in [0.2, 0.25) is 0 Å². The molecule has 1 aromatic rings. The summed E-state index contributed by atoms with van der Waals surface area (Å²) in [5.41, 5.74) is 6.73. The Morgan fingerprint density at radius 1 is 1.50 bits per heavy atom. The van der Waals surface area contributed by atoms with Crippen LogP contribution in [0, 0.1) is 0 Å². The van der Waals surface area contributed by atoms with Gasteiger partial charge in [-0.15, -0.1) is 0 Å². The van der Waals surface area contributed by atoms with Crippen LogP contribution in [0.5, 0.6) is 11.5 Å². The summed E-state index contributed by atoms with van der Waals surface area (Å²) in [6.07, 6.45) is 3.83. The summed E-state index contributed by atoms with van der Waals surface area (Å²) >= 11 is 0. The number of rotatable bonds is 4. The second-order valence-electron chi connectivity index (χ2n) is 5.67. The Morgan fingerprint density at radius 2 is 2.23 bits per heavy atom. The average Bonchev–Trinajstić information content (AvgIpc) is 2.77. The minimum absolute atomic E-state index is 0.135. The molecular weight excluding hydrogens is 282 g/mol. The quantitative estimate of drug-likeness (QED) is 0.652. The van der Waals surface area contributed by atoms with Gasteiger partial charge in [0.05, 0.1) is 7.11 Å². The molecule has 22 heavy (non-hydrogen) atoms. The highest BCUT2D eigenvalue weighted by molar-refractivity contribution is 6.06. The van der Waals surface area contributed by atoms with E-state index in [1.807, 2.05) is 13.8 Å². The van der Waals surface area contributed by atoms with Crippen molar-refractivity contribution >= 4 is 11.7 Å². The molecule has 1 aliphatic rings. The maximum Gasteiger partial charge on any atom is 0.279 e. The number of carbonyl (C=O) groups excluding carboxylic acids is 1. The van der Waals surface area contributed by atoms with Gasteiger partial charge in [0.15, 0.2) is 11.5 Å². The van der Waals surface area contributed by atoms with Crippen molar-refractivity contribution in [3.63, 3.8) is 0 Å².